The average Bonchev–Trinajstić information content (AvgIpc) is 2.12. The maximum atomic E-state index is 11.1. The van der Waals surface area contributed by atoms with Crippen molar-refractivity contribution in [2.24, 2.45) is 0 Å². The second kappa shape index (κ2) is 5.03. The van der Waals surface area contributed by atoms with Gasteiger partial charge >= 0.3 is 0 Å². The van der Waals surface area contributed by atoms with Gasteiger partial charge in [-0.1, -0.05) is 11.6 Å². The van der Waals surface area contributed by atoms with E-state index in [2.05, 4.69) is 4.74 Å². The highest BCUT2D eigenvalue weighted by Crippen LogP contribution is 2.29. The molecule has 0 atom stereocenters. The van der Waals surface area contributed by atoms with E-state index in [1.54, 1.807) is 0 Å². The summed E-state index contributed by atoms with van der Waals surface area (Å²) in [5.41, 5.74) is 0. The minimum absolute atomic E-state index is 0.0688. The van der Waals surface area contributed by atoms with Gasteiger partial charge in [-0.3, -0.25) is 0 Å². The van der Waals surface area contributed by atoms with Crippen LogP contribution in [0.1, 0.15) is 0 Å². The average molecular weight is 271 g/mol. The molecule has 0 radical (unpaired) electrons. The summed E-state index contributed by atoms with van der Waals surface area (Å²) in [6, 6.07) is 4.04. The topological polar surface area (TPSA) is 52.6 Å². The molecule has 0 spiro atoms. The van der Waals surface area contributed by atoms with E-state index in [4.69, 9.17) is 27.0 Å². The molecule has 1 aromatic rings. The van der Waals surface area contributed by atoms with Crippen molar-refractivity contribution in [1.29, 1.82) is 0 Å². The molecule has 0 fully saturated rings. The number of ether oxygens (including phenoxy) is 2. The van der Waals surface area contributed by atoms with E-state index in [1.165, 1.54) is 25.3 Å². The number of rotatable bonds is 4. The van der Waals surface area contributed by atoms with E-state index in [-0.39, 0.29) is 17.4 Å². The van der Waals surface area contributed by atoms with E-state index in [0.717, 1.165) is 0 Å². The number of halogens is 2. The summed E-state index contributed by atoms with van der Waals surface area (Å²) >= 11 is 5.69. The Labute approximate surface area is 97.1 Å². The van der Waals surface area contributed by atoms with Gasteiger partial charge in [-0.15, -0.1) is 0 Å². The predicted octanol–water partition coefficient (Wildman–Crippen LogP) is 2.25. The third-order valence-electron chi connectivity index (χ3n) is 1.50. The highest BCUT2D eigenvalue weighted by atomic mass is 35.7. The van der Waals surface area contributed by atoms with Crippen LogP contribution in [0.15, 0.2) is 23.1 Å². The third-order valence-corrected chi connectivity index (χ3v) is 3.10. The summed E-state index contributed by atoms with van der Waals surface area (Å²) in [4.78, 5) is -0.134. The van der Waals surface area contributed by atoms with Gasteiger partial charge in [0.2, 0.25) is 0 Å². The van der Waals surface area contributed by atoms with Gasteiger partial charge in [-0.05, 0) is 12.1 Å². The molecule has 84 valence electrons. The lowest BCUT2D eigenvalue weighted by Crippen LogP contribution is -2.03. The van der Waals surface area contributed by atoms with E-state index < -0.39 is 9.05 Å². The first kappa shape index (κ1) is 12.6. The summed E-state index contributed by atoms with van der Waals surface area (Å²) < 4.78 is 31.9. The highest BCUT2D eigenvalue weighted by molar-refractivity contribution is 8.13. The number of hydrogen-bond acceptors (Lipinski definition) is 4. The van der Waals surface area contributed by atoms with Crippen molar-refractivity contribution < 1.29 is 17.9 Å². The molecule has 0 aromatic heterocycles. The maximum absolute atomic E-state index is 11.1. The lowest BCUT2D eigenvalue weighted by molar-refractivity contribution is 0.0491. The Balaban J connectivity index is 3.15. The van der Waals surface area contributed by atoms with E-state index >= 15 is 0 Å². The Morgan fingerprint density at radius 2 is 2.07 bits per heavy atom. The van der Waals surface area contributed by atoms with Crippen LogP contribution in [0, 0.1) is 0 Å². The molecule has 0 heterocycles. The van der Waals surface area contributed by atoms with Gasteiger partial charge in [-0.2, -0.15) is 0 Å². The first-order valence-corrected chi connectivity index (χ1v) is 6.50. The molecular formula is C8H8Cl2O4S. The molecule has 7 heteroatoms. The minimum Gasteiger partial charge on any atom is -0.466 e. The van der Waals surface area contributed by atoms with Crippen LogP contribution in [0.25, 0.3) is 0 Å². The smallest absolute Gasteiger partial charge is 0.264 e. The molecule has 0 saturated heterocycles. The zero-order valence-electron chi connectivity index (χ0n) is 7.74. The van der Waals surface area contributed by atoms with Crippen molar-refractivity contribution in [3.8, 4) is 5.75 Å². The van der Waals surface area contributed by atoms with E-state index in [1.807, 2.05) is 0 Å². The van der Waals surface area contributed by atoms with Crippen molar-refractivity contribution in [2.45, 2.75) is 4.90 Å². The van der Waals surface area contributed by atoms with Crippen LogP contribution in [0.3, 0.4) is 0 Å². The van der Waals surface area contributed by atoms with Gasteiger partial charge in [0.25, 0.3) is 9.05 Å². The molecule has 0 aliphatic rings. The van der Waals surface area contributed by atoms with Crippen molar-refractivity contribution in [3.63, 3.8) is 0 Å². The van der Waals surface area contributed by atoms with Crippen molar-refractivity contribution >= 4 is 31.3 Å². The van der Waals surface area contributed by atoms with Gasteiger partial charge in [0.05, 0.1) is 0 Å². The molecule has 1 aromatic carbocycles. The molecule has 15 heavy (non-hydrogen) atoms. The maximum Gasteiger partial charge on any atom is 0.264 e. The zero-order valence-corrected chi connectivity index (χ0v) is 10.1. The molecule has 0 N–H and O–H groups in total. The Bertz CT molecular complexity index is 444. The van der Waals surface area contributed by atoms with Gasteiger partial charge < -0.3 is 9.47 Å². The lowest BCUT2D eigenvalue weighted by atomic mass is 10.3. The predicted molar refractivity (Wildman–Crippen MR) is 57.0 cm³/mol. The first-order chi connectivity index (χ1) is 6.95. The molecule has 0 aliphatic carbocycles. The van der Waals surface area contributed by atoms with E-state index in [0.29, 0.717) is 5.02 Å². The summed E-state index contributed by atoms with van der Waals surface area (Å²) in [6.07, 6.45) is 0. The molecule has 0 bridgehead atoms. The Hall–Kier alpha value is -0.490. The third kappa shape index (κ3) is 3.53. The van der Waals surface area contributed by atoms with Crippen LogP contribution < -0.4 is 4.74 Å². The second-order valence-corrected chi connectivity index (χ2v) is 5.55. The normalized spacial score (nSPS) is 11.4. The standard InChI is InChI=1S/C8H8Cl2O4S/c1-13-5-14-7-4-6(9)2-3-8(7)15(10,11)12/h2-4H,5H2,1H3. The first-order valence-electron chi connectivity index (χ1n) is 3.81. The van der Waals surface area contributed by atoms with Crippen LogP contribution in [0.2, 0.25) is 5.02 Å². The van der Waals surface area contributed by atoms with Crippen molar-refractivity contribution in [3.05, 3.63) is 23.2 Å². The summed E-state index contributed by atoms with van der Waals surface area (Å²) in [5, 5.41) is 0.352. The van der Waals surface area contributed by atoms with Gasteiger partial charge in [0.15, 0.2) is 6.79 Å². The molecule has 0 aliphatic heterocycles. The van der Waals surface area contributed by atoms with Crippen LogP contribution in [-0.4, -0.2) is 22.3 Å². The van der Waals surface area contributed by atoms with Gasteiger partial charge in [0, 0.05) is 28.9 Å². The summed E-state index contributed by atoms with van der Waals surface area (Å²) in [7, 11) is 2.77. The molecule has 0 unspecified atom stereocenters. The molecule has 0 saturated carbocycles. The fourth-order valence-electron chi connectivity index (χ4n) is 0.919. The quantitative estimate of drug-likeness (QED) is 0.622. The molecule has 0 amide bonds. The fraction of sp³-hybridized carbons (Fsp3) is 0.250. The summed E-state index contributed by atoms with van der Waals surface area (Å²) in [5.74, 6) is 0.0688. The Kier molecular flexibility index (Phi) is 4.21. The minimum atomic E-state index is -3.85. The largest absolute Gasteiger partial charge is 0.466 e. The van der Waals surface area contributed by atoms with Crippen LogP contribution in [0.5, 0.6) is 5.75 Å². The van der Waals surface area contributed by atoms with Crippen molar-refractivity contribution in [2.75, 3.05) is 13.9 Å². The SMILES string of the molecule is COCOc1cc(Cl)ccc1S(=O)(=O)Cl. The van der Waals surface area contributed by atoms with Gasteiger partial charge in [-0.25, -0.2) is 8.42 Å². The second-order valence-electron chi connectivity index (χ2n) is 2.58. The zero-order chi connectivity index (χ0) is 11.5. The number of hydrogen-bond donors (Lipinski definition) is 0. The number of benzene rings is 1. The van der Waals surface area contributed by atoms with Crippen molar-refractivity contribution in [1.82, 2.24) is 0 Å². The lowest BCUT2D eigenvalue weighted by Gasteiger charge is -2.08. The summed E-state index contributed by atoms with van der Waals surface area (Å²) in [6.45, 7) is -0.0836. The fourth-order valence-corrected chi connectivity index (χ4v) is 2.05. The molecule has 1 rings (SSSR count). The highest BCUT2D eigenvalue weighted by Gasteiger charge is 2.17. The van der Waals surface area contributed by atoms with Crippen LogP contribution >= 0.6 is 22.3 Å². The van der Waals surface area contributed by atoms with Gasteiger partial charge in [0.1, 0.15) is 10.6 Å². The molecule has 4 nitrogen and oxygen atoms in total. The van der Waals surface area contributed by atoms with Crippen LogP contribution in [-0.2, 0) is 13.8 Å². The Morgan fingerprint density at radius 3 is 2.60 bits per heavy atom. The van der Waals surface area contributed by atoms with E-state index in [9.17, 15) is 8.42 Å². The molecular weight excluding hydrogens is 263 g/mol. The number of methoxy groups -OCH3 is 1. The Morgan fingerprint density at radius 1 is 1.40 bits per heavy atom. The van der Waals surface area contributed by atoms with Crippen LogP contribution in [0.4, 0.5) is 0 Å². The monoisotopic (exact) mass is 270 g/mol.